The fraction of sp³-hybridized carbons (Fsp3) is 0.0833. The Morgan fingerprint density at radius 2 is 2.06 bits per heavy atom. The van der Waals surface area contributed by atoms with Gasteiger partial charge in [0.15, 0.2) is 0 Å². The van der Waals surface area contributed by atoms with Gasteiger partial charge < -0.3 is 4.52 Å². The summed E-state index contributed by atoms with van der Waals surface area (Å²) in [6, 6.07) is 9.80. The van der Waals surface area contributed by atoms with Crippen LogP contribution >= 0.6 is 0 Å². The number of benzene rings is 1. The van der Waals surface area contributed by atoms with E-state index in [2.05, 4.69) is 10.1 Å². The van der Waals surface area contributed by atoms with E-state index in [4.69, 9.17) is 9.78 Å². The molecule has 1 aromatic heterocycles. The molecule has 1 aromatic carbocycles. The van der Waals surface area contributed by atoms with Crippen molar-refractivity contribution < 1.29 is 4.52 Å². The molecule has 2 aromatic rings. The third-order valence-electron chi connectivity index (χ3n) is 2.69. The smallest absolute Gasteiger partial charge is 0.246 e. The van der Waals surface area contributed by atoms with Crippen molar-refractivity contribution in [2.24, 2.45) is 4.99 Å². The van der Waals surface area contributed by atoms with Gasteiger partial charge in [-0.2, -0.15) is 5.26 Å². The molecular weight excluding hydrogens is 202 g/mol. The topological polar surface area (TPSA) is 62.2 Å². The van der Waals surface area contributed by atoms with Gasteiger partial charge >= 0.3 is 0 Å². The van der Waals surface area contributed by atoms with Crippen molar-refractivity contribution >= 4 is 5.71 Å². The fourth-order valence-corrected chi connectivity index (χ4v) is 2.03. The van der Waals surface area contributed by atoms with Gasteiger partial charge in [-0.05, 0) is 0 Å². The van der Waals surface area contributed by atoms with Crippen LogP contribution in [0.5, 0.6) is 0 Å². The lowest BCUT2D eigenvalue weighted by Gasteiger charge is -1.98. The number of aliphatic imine (C=N–C) groups is 1. The molecule has 0 fully saturated rings. The Morgan fingerprint density at radius 3 is 2.75 bits per heavy atom. The highest BCUT2D eigenvalue weighted by Gasteiger charge is 2.31. The molecule has 3 rings (SSSR count). The molecular formula is C12H7N3O. The summed E-state index contributed by atoms with van der Waals surface area (Å²) in [5.74, 6) is 0.229. The van der Waals surface area contributed by atoms with E-state index in [9.17, 15) is 0 Å². The van der Waals surface area contributed by atoms with Gasteiger partial charge in [-0.25, -0.2) is 0 Å². The first kappa shape index (κ1) is 8.86. The SMILES string of the molecule is CN=C1c2ccccc2-c2noc(C#N)c21. The Labute approximate surface area is 91.8 Å². The first-order chi connectivity index (χ1) is 7.86. The molecule has 0 atom stereocenters. The van der Waals surface area contributed by atoms with E-state index in [1.54, 1.807) is 7.05 Å². The number of rotatable bonds is 0. The molecule has 0 radical (unpaired) electrons. The number of aromatic nitrogens is 1. The molecule has 1 aliphatic carbocycles. The predicted octanol–water partition coefficient (Wildman–Crippen LogP) is 1.99. The molecule has 1 aliphatic rings. The Bertz CT molecular complexity index is 647. The first-order valence-electron chi connectivity index (χ1n) is 4.83. The van der Waals surface area contributed by atoms with E-state index in [1.807, 2.05) is 30.3 Å². The molecule has 0 spiro atoms. The summed E-state index contributed by atoms with van der Waals surface area (Å²) in [6.07, 6.45) is 0. The summed E-state index contributed by atoms with van der Waals surface area (Å²) in [5.41, 5.74) is 4.19. The molecule has 0 amide bonds. The molecule has 0 bridgehead atoms. The summed E-state index contributed by atoms with van der Waals surface area (Å²) in [4.78, 5) is 4.22. The third-order valence-corrected chi connectivity index (χ3v) is 2.69. The van der Waals surface area contributed by atoms with Gasteiger partial charge in [0.05, 0.1) is 11.3 Å². The van der Waals surface area contributed by atoms with E-state index in [1.165, 1.54) is 0 Å². The maximum absolute atomic E-state index is 8.94. The lowest BCUT2D eigenvalue weighted by atomic mass is 10.1. The van der Waals surface area contributed by atoms with Crippen LogP contribution in [0.3, 0.4) is 0 Å². The zero-order chi connectivity index (χ0) is 11.1. The van der Waals surface area contributed by atoms with E-state index >= 15 is 0 Å². The fourth-order valence-electron chi connectivity index (χ4n) is 2.03. The zero-order valence-electron chi connectivity index (χ0n) is 8.56. The van der Waals surface area contributed by atoms with Crippen LogP contribution in [0.25, 0.3) is 11.3 Å². The van der Waals surface area contributed by atoms with Crippen LogP contribution in [0.4, 0.5) is 0 Å². The summed E-state index contributed by atoms with van der Waals surface area (Å²) < 4.78 is 4.98. The van der Waals surface area contributed by atoms with Crippen LogP contribution in [0.15, 0.2) is 33.8 Å². The quantitative estimate of drug-likeness (QED) is 0.568. The van der Waals surface area contributed by atoms with Gasteiger partial charge in [0.1, 0.15) is 11.8 Å². The van der Waals surface area contributed by atoms with E-state index in [0.717, 1.165) is 16.8 Å². The second-order valence-electron chi connectivity index (χ2n) is 3.46. The first-order valence-corrected chi connectivity index (χ1v) is 4.83. The lowest BCUT2D eigenvalue weighted by molar-refractivity contribution is 0.412. The van der Waals surface area contributed by atoms with E-state index < -0.39 is 0 Å². The van der Waals surface area contributed by atoms with Crippen LogP contribution < -0.4 is 0 Å². The molecule has 1 heterocycles. The summed E-state index contributed by atoms with van der Waals surface area (Å²) in [6.45, 7) is 0. The average Bonchev–Trinajstić information content (AvgIpc) is 2.86. The maximum Gasteiger partial charge on any atom is 0.246 e. The highest BCUT2D eigenvalue weighted by atomic mass is 16.5. The standard InChI is InChI=1S/C12H7N3O/c1-14-11-7-4-2-3-5-8(7)12-10(11)9(6-13)16-15-12/h2-5H,1H3. The molecule has 0 aliphatic heterocycles. The molecule has 0 saturated carbocycles. The largest absolute Gasteiger partial charge is 0.344 e. The average molecular weight is 209 g/mol. The second kappa shape index (κ2) is 3.04. The van der Waals surface area contributed by atoms with Crippen molar-refractivity contribution in [3.8, 4) is 17.3 Å². The van der Waals surface area contributed by atoms with Gasteiger partial charge in [0, 0.05) is 18.2 Å². The van der Waals surface area contributed by atoms with Gasteiger partial charge in [-0.1, -0.05) is 29.4 Å². The summed E-state index contributed by atoms with van der Waals surface area (Å²) in [7, 11) is 1.70. The molecule has 0 saturated heterocycles. The van der Waals surface area contributed by atoms with Crippen molar-refractivity contribution in [2.75, 3.05) is 7.05 Å². The maximum atomic E-state index is 8.94. The molecule has 0 unspecified atom stereocenters. The van der Waals surface area contributed by atoms with Gasteiger partial charge in [0.2, 0.25) is 5.76 Å². The van der Waals surface area contributed by atoms with E-state index in [0.29, 0.717) is 11.3 Å². The Morgan fingerprint density at radius 1 is 1.31 bits per heavy atom. The van der Waals surface area contributed by atoms with Crippen LogP contribution in [0, 0.1) is 11.3 Å². The van der Waals surface area contributed by atoms with Crippen LogP contribution in [-0.2, 0) is 0 Å². The Balaban J connectivity index is 2.41. The minimum absolute atomic E-state index is 0.229. The zero-order valence-corrected chi connectivity index (χ0v) is 8.56. The minimum atomic E-state index is 0.229. The van der Waals surface area contributed by atoms with Gasteiger partial charge in [-0.3, -0.25) is 4.99 Å². The highest BCUT2D eigenvalue weighted by Crippen LogP contribution is 2.37. The molecule has 16 heavy (non-hydrogen) atoms. The predicted molar refractivity (Wildman–Crippen MR) is 58.2 cm³/mol. The number of hydrogen-bond acceptors (Lipinski definition) is 4. The molecule has 4 heteroatoms. The monoisotopic (exact) mass is 209 g/mol. The van der Waals surface area contributed by atoms with Gasteiger partial charge in [0.25, 0.3) is 0 Å². The van der Waals surface area contributed by atoms with Crippen molar-refractivity contribution in [3.05, 3.63) is 41.2 Å². The number of hydrogen-bond donors (Lipinski definition) is 0. The summed E-state index contributed by atoms with van der Waals surface area (Å²) >= 11 is 0. The Hall–Kier alpha value is -2.41. The minimum Gasteiger partial charge on any atom is -0.344 e. The van der Waals surface area contributed by atoms with Crippen molar-refractivity contribution in [1.82, 2.24) is 5.16 Å². The normalized spacial score (nSPS) is 14.6. The van der Waals surface area contributed by atoms with Gasteiger partial charge in [-0.15, -0.1) is 0 Å². The number of nitrogens with zero attached hydrogens (tertiary/aromatic N) is 3. The van der Waals surface area contributed by atoms with Crippen LogP contribution in [0.1, 0.15) is 16.9 Å². The molecule has 4 nitrogen and oxygen atoms in total. The number of fused-ring (bicyclic) bond motifs is 3. The van der Waals surface area contributed by atoms with Crippen LogP contribution in [0.2, 0.25) is 0 Å². The third kappa shape index (κ3) is 0.920. The van der Waals surface area contributed by atoms with Crippen molar-refractivity contribution in [3.63, 3.8) is 0 Å². The van der Waals surface area contributed by atoms with Crippen LogP contribution in [-0.4, -0.2) is 17.9 Å². The van der Waals surface area contributed by atoms with Crippen molar-refractivity contribution in [2.45, 2.75) is 0 Å². The lowest BCUT2D eigenvalue weighted by Crippen LogP contribution is -1.98. The highest BCUT2D eigenvalue weighted by molar-refractivity contribution is 6.24. The molecule has 0 N–H and O–H groups in total. The Kier molecular flexibility index (Phi) is 1.68. The summed E-state index contributed by atoms with van der Waals surface area (Å²) in [5, 5.41) is 12.9. The van der Waals surface area contributed by atoms with Crippen molar-refractivity contribution in [1.29, 1.82) is 5.26 Å². The second-order valence-corrected chi connectivity index (χ2v) is 3.46. The number of nitriles is 1. The molecule has 76 valence electrons. The van der Waals surface area contributed by atoms with E-state index in [-0.39, 0.29) is 5.76 Å².